The smallest absolute Gasteiger partial charge is 0.156 e. The lowest BCUT2D eigenvalue weighted by Gasteiger charge is -2.08. The van der Waals surface area contributed by atoms with Crippen molar-refractivity contribution in [1.29, 1.82) is 0 Å². The zero-order valence-electron chi connectivity index (χ0n) is 10.6. The second-order valence-electron chi connectivity index (χ2n) is 4.19. The Labute approximate surface area is 115 Å². The molecule has 0 atom stereocenters. The van der Waals surface area contributed by atoms with Crippen molar-refractivity contribution in [2.45, 2.75) is 13.3 Å². The first-order valence-corrected chi connectivity index (χ1v) is 7.02. The first-order valence-electron chi connectivity index (χ1n) is 6.14. The van der Waals surface area contributed by atoms with E-state index in [9.17, 15) is 0 Å². The molecule has 0 amide bonds. The Kier molecular flexibility index (Phi) is 3.05. The van der Waals surface area contributed by atoms with Gasteiger partial charge in [0.2, 0.25) is 0 Å². The molecule has 0 radical (unpaired) electrons. The molecule has 0 aliphatic heterocycles. The van der Waals surface area contributed by atoms with Gasteiger partial charge in [-0.05, 0) is 29.5 Å². The molecule has 0 saturated carbocycles. The molecule has 0 fully saturated rings. The van der Waals surface area contributed by atoms with Gasteiger partial charge in [0, 0.05) is 0 Å². The van der Waals surface area contributed by atoms with Crippen molar-refractivity contribution in [2.24, 2.45) is 0 Å². The minimum absolute atomic E-state index is 0.586. The Morgan fingerprint density at radius 3 is 2.79 bits per heavy atom. The maximum absolute atomic E-state index is 6.19. The van der Waals surface area contributed by atoms with E-state index in [-0.39, 0.29) is 0 Å². The lowest BCUT2D eigenvalue weighted by molar-refractivity contribution is 0.801. The molecule has 4 nitrogen and oxygen atoms in total. The molecule has 3 rings (SSSR count). The molecule has 2 N–H and O–H groups in total. The van der Waals surface area contributed by atoms with Crippen molar-refractivity contribution in [3.05, 3.63) is 47.3 Å². The number of nitrogens with zero attached hydrogens (tertiary/aromatic N) is 3. The van der Waals surface area contributed by atoms with Crippen LogP contribution in [0.1, 0.15) is 12.5 Å². The van der Waals surface area contributed by atoms with Gasteiger partial charge in [0.15, 0.2) is 5.82 Å². The number of rotatable bonds is 3. The molecule has 2 heterocycles. The highest BCUT2D eigenvalue weighted by Gasteiger charge is 2.15. The highest BCUT2D eigenvalue weighted by Crippen LogP contribution is 2.29. The van der Waals surface area contributed by atoms with Gasteiger partial charge in [0.25, 0.3) is 0 Å². The van der Waals surface area contributed by atoms with Crippen molar-refractivity contribution in [3.8, 4) is 16.3 Å². The molecular formula is C14H14N4S. The van der Waals surface area contributed by atoms with E-state index in [4.69, 9.17) is 5.73 Å². The second kappa shape index (κ2) is 4.85. The molecule has 0 spiro atoms. The largest absolute Gasteiger partial charge is 0.382 e. The third kappa shape index (κ3) is 2.02. The highest BCUT2D eigenvalue weighted by atomic mass is 32.1. The van der Waals surface area contributed by atoms with E-state index in [0.29, 0.717) is 5.82 Å². The molecule has 3 aromatic rings. The van der Waals surface area contributed by atoms with Gasteiger partial charge in [-0.25, -0.2) is 0 Å². The molecule has 19 heavy (non-hydrogen) atoms. The van der Waals surface area contributed by atoms with Crippen molar-refractivity contribution in [1.82, 2.24) is 15.0 Å². The standard InChI is InChI=1S/C14H14N4S/c1-2-10-6-3-4-7-11(10)18-14(15)13(16-17-18)12-8-5-9-19-12/h3-9H,2,15H2,1H3. The quantitative estimate of drug-likeness (QED) is 0.795. The number of nitrogen functional groups attached to an aromatic ring is 1. The SMILES string of the molecule is CCc1ccccc1-n1nnc(-c2cccs2)c1N. The summed E-state index contributed by atoms with van der Waals surface area (Å²) in [6, 6.07) is 12.1. The van der Waals surface area contributed by atoms with E-state index in [1.165, 1.54) is 5.56 Å². The Hall–Kier alpha value is -2.14. The summed E-state index contributed by atoms with van der Waals surface area (Å²) in [6.45, 7) is 2.12. The summed E-state index contributed by atoms with van der Waals surface area (Å²) in [5, 5.41) is 10.4. The average Bonchev–Trinajstić information content (AvgIpc) is 3.08. The van der Waals surface area contributed by atoms with Crippen LogP contribution in [-0.4, -0.2) is 15.0 Å². The maximum atomic E-state index is 6.19. The summed E-state index contributed by atoms with van der Waals surface area (Å²) >= 11 is 1.61. The Bertz CT molecular complexity index is 685. The van der Waals surface area contributed by atoms with E-state index in [0.717, 1.165) is 22.7 Å². The molecule has 0 aliphatic rings. The van der Waals surface area contributed by atoms with Crippen LogP contribution in [0.2, 0.25) is 0 Å². The molecule has 1 aromatic carbocycles. The average molecular weight is 270 g/mol. The monoisotopic (exact) mass is 270 g/mol. The van der Waals surface area contributed by atoms with Crippen molar-refractivity contribution in [3.63, 3.8) is 0 Å². The summed E-state index contributed by atoms with van der Waals surface area (Å²) in [4.78, 5) is 1.04. The van der Waals surface area contributed by atoms with E-state index >= 15 is 0 Å². The predicted octanol–water partition coefficient (Wildman–Crippen LogP) is 3.14. The molecule has 2 aromatic heterocycles. The number of hydrogen-bond acceptors (Lipinski definition) is 4. The highest BCUT2D eigenvalue weighted by molar-refractivity contribution is 7.13. The van der Waals surface area contributed by atoms with Gasteiger partial charge < -0.3 is 5.73 Å². The van der Waals surface area contributed by atoms with Gasteiger partial charge in [0.1, 0.15) is 5.69 Å². The fraction of sp³-hybridized carbons (Fsp3) is 0.143. The predicted molar refractivity (Wildman–Crippen MR) is 78.5 cm³/mol. The van der Waals surface area contributed by atoms with Crippen LogP contribution < -0.4 is 5.73 Å². The van der Waals surface area contributed by atoms with E-state index < -0.39 is 0 Å². The molecule has 96 valence electrons. The minimum atomic E-state index is 0.586. The topological polar surface area (TPSA) is 56.7 Å². The summed E-state index contributed by atoms with van der Waals surface area (Å²) in [5.41, 5.74) is 9.15. The molecule has 0 bridgehead atoms. The van der Waals surface area contributed by atoms with Gasteiger partial charge in [-0.15, -0.1) is 16.4 Å². The van der Waals surface area contributed by atoms with Gasteiger partial charge in [-0.2, -0.15) is 4.68 Å². The summed E-state index contributed by atoms with van der Waals surface area (Å²) in [6.07, 6.45) is 0.934. The molecule has 0 saturated heterocycles. The number of benzene rings is 1. The summed E-state index contributed by atoms with van der Waals surface area (Å²) < 4.78 is 1.72. The number of aryl methyl sites for hydroxylation is 1. The van der Waals surface area contributed by atoms with E-state index in [2.05, 4.69) is 23.3 Å². The van der Waals surface area contributed by atoms with Crippen LogP contribution >= 0.6 is 11.3 Å². The number of hydrogen-bond donors (Lipinski definition) is 1. The molecular weight excluding hydrogens is 256 g/mol. The number of para-hydroxylation sites is 1. The number of anilines is 1. The lowest BCUT2D eigenvalue weighted by Crippen LogP contribution is -2.05. The third-order valence-corrected chi connectivity index (χ3v) is 3.94. The van der Waals surface area contributed by atoms with Gasteiger partial charge >= 0.3 is 0 Å². The van der Waals surface area contributed by atoms with Crippen LogP contribution in [-0.2, 0) is 6.42 Å². The maximum Gasteiger partial charge on any atom is 0.156 e. The normalized spacial score (nSPS) is 10.8. The second-order valence-corrected chi connectivity index (χ2v) is 5.14. The van der Waals surface area contributed by atoms with Crippen LogP contribution in [0.3, 0.4) is 0 Å². The van der Waals surface area contributed by atoms with Crippen LogP contribution in [0.25, 0.3) is 16.3 Å². The van der Waals surface area contributed by atoms with Crippen molar-refractivity contribution < 1.29 is 0 Å². The zero-order valence-corrected chi connectivity index (χ0v) is 11.4. The van der Waals surface area contributed by atoms with Gasteiger partial charge in [-0.3, -0.25) is 0 Å². The fourth-order valence-corrected chi connectivity index (χ4v) is 2.79. The summed E-state index contributed by atoms with van der Waals surface area (Å²) in [5.74, 6) is 0.586. The lowest BCUT2D eigenvalue weighted by atomic mass is 10.1. The molecule has 5 heteroatoms. The Morgan fingerprint density at radius 2 is 2.05 bits per heavy atom. The number of aromatic nitrogens is 3. The zero-order chi connectivity index (χ0) is 13.2. The first-order chi connectivity index (χ1) is 9.31. The van der Waals surface area contributed by atoms with Gasteiger partial charge in [0.05, 0.1) is 10.6 Å². The van der Waals surface area contributed by atoms with E-state index in [1.54, 1.807) is 16.0 Å². The van der Waals surface area contributed by atoms with Crippen LogP contribution in [0.4, 0.5) is 5.82 Å². The number of thiophene rings is 1. The summed E-state index contributed by atoms with van der Waals surface area (Å²) in [7, 11) is 0. The van der Waals surface area contributed by atoms with Gasteiger partial charge in [-0.1, -0.05) is 36.4 Å². The minimum Gasteiger partial charge on any atom is -0.382 e. The Morgan fingerprint density at radius 1 is 1.21 bits per heavy atom. The third-order valence-electron chi connectivity index (χ3n) is 3.06. The van der Waals surface area contributed by atoms with Crippen molar-refractivity contribution in [2.75, 3.05) is 5.73 Å². The van der Waals surface area contributed by atoms with Crippen LogP contribution in [0, 0.1) is 0 Å². The van der Waals surface area contributed by atoms with Crippen molar-refractivity contribution >= 4 is 17.2 Å². The first kappa shape index (κ1) is 11.9. The molecule has 0 aliphatic carbocycles. The molecule has 0 unspecified atom stereocenters. The van der Waals surface area contributed by atoms with Crippen LogP contribution in [0.5, 0.6) is 0 Å². The fourth-order valence-electron chi connectivity index (χ4n) is 2.07. The van der Waals surface area contributed by atoms with E-state index in [1.807, 2.05) is 35.7 Å². The van der Waals surface area contributed by atoms with Crippen LogP contribution in [0.15, 0.2) is 41.8 Å². The number of nitrogens with two attached hydrogens (primary N) is 1. The Balaban J connectivity index is 2.12.